The number of carbonyl (C=O) groups is 1. The van der Waals surface area contributed by atoms with Gasteiger partial charge in [0.2, 0.25) is 5.91 Å². The van der Waals surface area contributed by atoms with Gasteiger partial charge < -0.3 is 9.64 Å². The van der Waals surface area contributed by atoms with Crippen molar-refractivity contribution >= 4 is 23.3 Å². The molecule has 126 valence electrons. The second kappa shape index (κ2) is 7.16. The third-order valence-electron chi connectivity index (χ3n) is 5.54. The van der Waals surface area contributed by atoms with Gasteiger partial charge in [-0.1, -0.05) is 6.07 Å². The molecule has 1 spiro atoms. The maximum absolute atomic E-state index is 12.4. The van der Waals surface area contributed by atoms with E-state index < -0.39 is 0 Å². The van der Waals surface area contributed by atoms with E-state index in [2.05, 4.69) is 11.9 Å². The molecule has 0 aromatic carbocycles. The Morgan fingerprint density at radius 2 is 2.22 bits per heavy atom. The topological polar surface area (TPSA) is 32.8 Å². The molecule has 23 heavy (non-hydrogen) atoms. The molecule has 1 atom stereocenters. The molecule has 0 N–H and O–H groups in total. The Morgan fingerprint density at radius 3 is 2.87 bits per heavy atom. The lowest BCUT2D eigenvalue weighted by Gasteiger charge is -2.44. The van der Waals surface area contributed by atoms with Crippen LogP contribution in [0.2, 0.25) is 0 Å². The fourth-order valence-corrected chi connectivity index (χ4v) is 4.59. The quantitative estimate of drug-likeness (QED) is 0.794. The molecule has 1 amide bonds. The fourth-order valence-electron chi connectivity index (χ4n) is 3.97. The monoisotopic (exact) mass is 334 g/mol. The van der Waals surface area contributed by atoms with E-state index in [1.165, 1.54) is 12.8 Å². The van der Waals surface area contributed by atoms with Gasteiger partial charge in [0.15, 0.2) is 0 Å². The molecule has 1 aromatic rings. The highest BCUT2D eigenvalue weighted by atomic mass is 32.1. The maximum Gasteiger partial charge on any atom is 0.246 e. The average Bonchev–Trinajstić information content (AvgIpc) is 3.18. The molecule has 0 aliphatic carbocycles. The zero-order chi connectivity index (χ0) is 16.3. The molecular formula is C18H26N2O2S. The molecule has 0 radical (unpaired) electrons. The average molecular weight is 334 g/mol. The number of rotatable bonds is 4. The van der Waals surface area contributed by atoms with Gasteiger partial charge in [0, 0.05) is 42.7 Å². The molecule has 2 aliphatic rings. The number of nitrogens with zero attached hydrogens (tertiary/aromatic N) is 2. The summed E-state index contributed by atoms with van der Waals surface area (Å²) < 4.78 is 5.34. The highest BCUT2D eigenvalue weighted by Crippen LogP contribution is 2.40. The Bertz CT molecular complexity index is 547. The molecule has 0 saturated carbocycles. The number of likely N-dealkylation sites (N-methyl/N-ethyl adjacent to an activating group) is 1. The molecule has 3 heterocycles. The molecule has 2 fully saturated rings. The summed E-state index contributed by atoms with van der Waals surface area (Å²) in [6, 6.07) is 4.57. The minimum absolute atomic E-state index is 0.141. The fraction of sp³-hybridized carbons (Fsp3) is 0.611. The number of ether oxygens (including phenoxy) is 1. The van der Waals surface area contributed by atoms with Gasteiger partial charge in [-0.15, -0.1) is 11.3 Å². The summed E-state index contributed by atoms with van der Waals surface area (Å²) in [4.78, 5) is 18.0. The lowest BCUT2D eigenvalue weighted by molar-refractivity contribution is -0.128. The van der Waals surface area contributed by atoms with Crippen molar-refractivity contribution in [2.75, 3.05) is 33.9 Å². The van der Waals surface area contributed by atoms with E-state index in [0.29, 0.717) is 6.04 Å². The van der Waals surface area contributed by atoms with Gasteiger partial charge in [-0.05, 0) is 50.3 Å². The summed E-state index contributed by atoms with van der Waals surface area (Å²) in [6.45, 7) is 2.53. The van der Waals surface area contributed by atoms with Crippen LogP contribution in [0.1, 0.15) is 30.6 Å². The summed E-state index contributed by atoms with van der Waals surface area (Å²) >= 11 is 1.66. The predicted octanol–water partition coefficient (Wildman–Crippen LogP) is 2.86. The zero-order valence-electron chi connectivity index (χ0n) is 14.0. The van der Waals surface area contributed by atoms with Crippen LogP contribution in [0.3, 0.4) is 0 Å². The number of piperidine rings is 1. The summed E-state index contributed by atoms with van der Waals surface area (Å²) in [7, 11) is 4.00. The van der Waals surface area contributed by atoms with E-state index in [-0.39, 0.29) is 11.4 Å². The van der Waals surface area contributed by atoms with Crippen LogP contribution in [0.25, 0.3) is 6.08 Å². The van der Waals surface area contributed by atoms with E-state index in [1.54, 1.807) is 24.5 Å². The third-order valence-corrected chi connectivity index (χ3v) is 6.37. The molecular weight excluding hydrogens is 308 g/mol. The highest BCUT2D eigenvalue weighted by molar-refractivity contribution is 7.10. The number of methoxy groups -OCH3 is 1. The van der Waals surface area contributed by atoms with Crippen molar-refractivity contribution < 1.29 is 9.53 Å². The van der Waals surface area contributed by atoms with Crippen LogP contribution < -0.4 is 0 Å². The van der Waals surface area contributed by atoms with Crippen molar-refractivity contribution in [3.63, 3.8) is 0 Å². The molecule has 2 aliphatic heterocycles. The molecule has 1 aromatic heterocycles. The van der Waals surface area contributed by atoms with E-state index in [1.807, 2.05) is 28.5 Å². The third kappa shape index (κ3) is 3.52. The number of likely N-dealkylation sites (tertiary alicyclic amines) is 2. The van der Waals surface area contributed by atoms with Gasteiger partial charge in [0.1, 0.15) is 0 Å². The highest BCUT2D eigenvalue weighted by Gasteiger charge is 2.45. The van der Waals surface area contributed by atoms with Crippen LogP contribution in [0.5, 0.6) is 0 Å². The van der Waals surface area contributed by atoms with Crippen molar-refractivity contribution in [2.45, 2.75) is 37.3 Å². The first-order valence-electron chi connectivity index (χ1n) is 8.37. The number of carbonyl (C=O) groups excluding carboxylic acids is 1. The van der Waals surface area contributed by atoms with Crippen LogP contribution in [0, 0.1) is 0 Å². The van der Waals surface area contributed by atoms with E-state index in [0.717, 1.165) is 37.4 Å². The van der Waals surface area contributed by atoms with Gasteiger partial charge in [-0.3, -0.25) is 9.69 Å². The van der Waals surface area contributed by atoms with Crippen LogP contribution >= 0.6 is 11.3 Å². The maximum atomic E-state index is 12.4. The van der Waals surface area contributed by atoms with Crippen molar-refractivity contribution in [1.29, 1.82) is 0 Å². The van der Waals surface area contributed by atoms with Gasteiger partial charge in [-0.25, -0.2) is 0 Å². The van der Waals surface area contributed by atoms with E-state index in [4.69, 9.17) is 4.74 Å². The van der Waals surface area contributed by atoms with Crippen LogP contribution in [0.4, 0.5) is 0 Å². The first-order valence-corrected chi connectivity index (χ1v) is 9.25. The summed E-state index contributed by atoms with van der Waals surface area (Å²) in [5, 5.41) is 2.03. The molecule has 0 bridgehead atoms. The molecule has 4 nitrogen and oxygen atoms in total. The summed E-state index contributed by atoms with van der Waals surface area (Å²) in [5.41, 5.74) is 0.275. The SMILES string of the molecule is COC[C@@H]1CCC2(CCN(C(=O)/C=C/c3cccs3)CC2)N1C. The van der Waals surface area contributed by atoms with E-state index in [9.17, 15) is 4.79 Å². The number of hydrogen-bond donors (Lipinski definition) is 0. The van der Waals surface area contributed by atoms with Crippen LogP contribution in [-0.4, -0.2) is 61.1 Å². The Morgan fingerprint density at radius 1 is 1.43 bits per heavy atom. The number of amides is 1. The van der Waals surface area contributed by atoms with E-state index >= 15 is 0 Å². The summed E-state index contributed by atoms with van der Waals surface area (Å²) in [6.07, 6.45) is 8.22. The smallest absolute Gasteiger partial charge is 0.246 e. The lowest BCUT2D eigenvalue weighted by Crippen LogP contribution is -2.53. The molecule has 3 rings (SSSR count). The lowest BCUT2D eigenvalue weighted by atomic mass is 9.85. The van der Waals surface area contributed by atoms with Crippen molar-refractivity contribution in [3.05, 3.63) is 28.5 Å². The van der Waals surface area contributed by atoms with Gasteiger partial charge in [-0.2, -0.15) is 0 Å². The Labute approximate surface area is 142 Å². The summed E-state index contributed by atoms with van der Waals surface area (Å²) in [5.74, 6) is 0.141. The van der Waals surface area contributed by atoms with Crippen LogP contribution in [0.15, 0.2) is 23.6 Å². The minimum Gasteiger partial charge on any atom is -0.383 e. The Hall–Kier alpha value is -1.17. The van der Waals surface area contributed by atoms with Gasteiger partial charge in [0.25, 0.3) is 0 Å². The van der Waals surface area contributed by atoms with Crippen molar-refractivity contribution in [2.24, 2.45) is 0 Å². The molecule has 5 heteroatoms. The van der Waals surface area contributed by atoms with Crippen molar-refractivity contribution in [3.8, 4) is 0 Å². The Kier molecular flexibility index (Phi) is 5.19. The molecule has 0 unspecified atom stereocenters. The normalized spacial score (nSPS) is 24.8. The Balaban J connectivity index is 1.55. The van der Waals surface area contributed by atoms with Crippen molar-refractivity contribution in [1.82, 2.24) is 9.80 Å². The standard InChI is InChI=1S/C18H26N2O2S/c1-19-15(14-22-2)7-8-18(19)9-11-20(12-10-18)17(21)6-5-16-4-3-13-23-16/h3-6,13,15H,7-12,14H2,1-2H3/b6-5+/t15-/m0/s1. The number of thiophene rings is 1. The largest absolute Gasteiger partial charge is 0.383 e. The predicted molar refractivity (Wildman–Crippen MR) is 94.6 cm³/mol. The first-order chi connectivity index (χ1) is 11.1. The second-order valence-corrected chi connectivity index (χ2v) is 7.64. The van der Waals surface area contributed by atoms with Crippen LogP contribution in [-0.2, 0) is 9.53 Å². The first kappa shape index (κ1) is 16.7. The second-order valence-electron chi connectivity index (χ2n) is 6.66. The zero-order valence-corrected chi connectivity index (χ0v) is 14.8. The minimum atomic E-state index is 0.141. The van der Waals surface area contributed by atoms with Gasteiger partial charge >= 0.3 is 0 Å². The number of hydrogen-bond acceptors (Lipinski definition) is 4. The van der Waals surface area contributed by atoms with Gasteiger partial charge in [0.05, 0.1) is 6.61 Å². The molecule has 2 saturated heterocycles.